The number of aromatic nitrogens is 2. The molecule has 4 rings (SSSR count). The Kier molecular flexibility index (Phi) is 4.17. The van der Waals surface area contributed by atoms with Crippen LogP contribution < -0.4 is 0 Å². The number of rotatable bonds is 5. The van der Waals surface area contributed by atoms with E-state index in [0.29, 0.717) is 32.2 Å². The van der Waals surface area contributed by atoms with Crippen LogP contribution in [0.5, 0.6) is 0 Å². The molecule has 0 unspecified atom stereocenters. The lowest BCUT2D eigenvalue weighted by molar-refractivity contribution is 0.171. The molecule has 0 spiro atoms. The summed E-state index contributed by atoms with van der Waals surface area (Å²) in [5.41, 5.74) is 0. The summed E-state index contributed by atoms with van der Waals surface area (Å²) in [5.74, 6) is 1.11. The average Bonchev–Trinajstić information content (AvgIpc) is 3.05. The number of piperazine rings is 1. The van der Waals surface area contributed by atoms with E-state index in [9.17, 15) is 8.42 Å². The fourth-order valence-corrected chi connectivity index (χ4v) is 5.22. The van der Waals surface area contributed by atoms with E-state index in [2.05, 4.69) is 20.6 Å². The van der Waals surface area contributed by atoms with Crippen molar-refractivity contribution >= 4 is 10.2 Å². The van der Waals surface area contributed by atoms with Crippen molar-refractivity contribution in [3.05, 3.63) is 18.2 Å². The van der Waals surface area contributed by atoms with Gasteiger partial charge in [0, 0.05) is 57.7 Å². The average molecular weight is 339 g/mol. The molecule has 0 N–H and O–H groups in total. The predicted octanol–water partition coefficient (Wildman–Crippen LogP) is 0.676. The van der Waals surface area contributed by atoms with Crippen molar-refractivity contribution in [2.75, 3.05) is 39.3 Å². The first-order valence-corrected chi connectivity index (χ1v) is 10.0. The van der Waals surface area contributed by atoms with Crippen molar-refractivity contribution in [1.29, 1.82) is 0 Å². The predicted molar refractivity (Wildman–Crippen MR) is 87.1 cm³/mol. The summed E-state index contributed by atoms with van der Waals surface area (Å²) >= 11 is 0. The van der Waals surface area contributed by atoms with E-state index in [1.165, 1.54) is 12.8 Å². The molecule has 2 saturated heterocycles. The Morgan fingerprint density at radius 1 is 1.00 bits per heavy atom. The molecule has 128 valence electrons. The van der Waals surface area contributed by atoms with Gasteiger partial charge in [-0.25, -0.2) is 4.98 Å². The van der Waals surface area contributed by atoms with Gasteiger partial charge in [-0.05, 0) is 25.7 Å². The summed E-state index contributed by atoms with van der Waals surface area (Å²) in [6.07, 6.45) is 8.44. The smallest absolute Gasteiger partial charge is 0.282 e. The fraction of sp³-hybridized carbons (Fsp3) is 0.800. The van der Waals surface area contributed by atoms with Crippen LogP contribution in [0.3, 0.4) is 0 Å². The van der Waals surface area contributed by atoms with E-state index in [4.69, 9.17) is 0 Å². The van der Waals surface area contributed by atoms with Crippen molar-refractivity contribution in [3.63, 3.8) is 0 Å². The summed E-state index contributed by atoms with van der Waals surface area (Å²) < 4.78 is 30.7. The van der Waals surface area contributed by atoms with Crippen LogP contribution in [-0.2, 0) is 16.8 Å². The second kappa shape index (κ2) is 6.16. The Bertz CT molecular complexity index is 641. The van der Waals surface area contributed by atoms with Crippen molar-refractivity contribution in [2.24, 2.45) is 0 Å². The minimum absolute atomic E-state index is 0.586. The van der Waals surface area contributed by atoms with E-state index in [-0.39, 0.29) is 0 Å². The zero-order valence-corrected chi connectivity index (χ0v) is 14.3. The van der Waals surface area contributed by atoms with Gasteiger partial charge < -0.3 is 4.57 Å². The molecule has 8 heteroatoms. The van der Waals surface area contributed by atoms with Crippen LogP contribution in [0, 0.1) is 0 Å². The molecule has 3 heterocycles. The van der Waals surface area contributed by atoms with Gasteiger partial charge in [0.25, 0.3) is 10.2 Å². The van der Waals surface area contributed by atoms with Crippen LogP contribution in [0.4, 0.5) is 0 Å². The van der Waals surface area contributed by atoms with Crippen LogP contribution in [0.2, 0.25) is 0 Å². The van der Waals surface area contributed by atoms with Gasteiger partial charge in [-0.15, -0.1) is 0 Å². The highest BCUT2D eigenvalue weighted by molar-refractivity contribution is 7.86. The first-order valence-electron chi connectivity index (χ1n) is 8.64. The summed E-state index contributed by atoms with van der Waals surface area (Å²) in [7, 11) is -3.24. The third kappa shape index (κ3) is 3.17. The highest BCUT2D eigenvalue weighted by atomic mass is 32.2. The zero-order valence-electron chi connectivity index (χ0n) is 13.5. The van der Waals surface area contributed by atoms with Crippen molar-refractivity contribution in [2.45, 2.75) is 38.3 Å². The molecular formula is C15H25N5O2S. The minimum Gasteiger partial charge on any atom is -0.331 e. The van der Waals surface area contributed by atoms with Gasteiger partial charge in [-0.1, -0.05) is 0 Å². The van der Waals surface area contributed by atoms with Crippen LogP contribution in [0.1, 0.15) is 37.5 Å². The molecule has 0 atom stereocenters. The van der Waals surface area contributed by atoms with E-state index < -0.39 is 10.2 Å². The van der Waals surface area contributed by atoms with Gasteiger partial charge in [0.1, 0.15) is 5.82 Å². The molecule has 0 aromatic carbocycles. The molecular weight excluding hydrogens is 314 g/mol. The van der Waals surface area contributed by atoms with Crippen LogP contribution in [0.15, 0.2) is 12.4 Å². The topological polar surface area (TPSA) is 61.7 Å². The molecule has 1 saturated carbocycles. The molecule has 0 bridgehead atoms. The Morgan fingerprint density at radius 2 is 1.65 bits per heavy atom. The second-order valence-electron chi connectivity index (χ2n) is 6.77. The molecule has 3 aliphatic rings. The summed E-state index contributed by atoms with van der Waals surface area (Å²) in [6, 6.07) is 0.643. The molecule has 0 radical (unpaired) electrons. The molecule has 1 aromatic heterocycles. The maximum atomic E-state index is 12.6. The van der Waals surface area contributed by atoms with Gasteiger partial charge in [0.2, 0.25) is 0 Å². The Labute approximate surface area is 138 Å². The van der Waals surface area contributed by atoms with Crippen molar-refractivity contribution in [3.8, 4) is 0 Å². The van der Waals surface area contributed by atoms with Gasteiger partial charge in [-0.2, -0.15) is 17.0 Å². The van der Waals surface area contributed by atoms with Crippen molar-refractivity contribution in [1.82, 2.24) is 23.1 Å². The normalized spacial score (nSPS) is 25.2. The quantitative estimate of drug-likeness (QED) is 0.791. The second-order valence-corrected chi connectivity index (χ2v) is 8.70. The maximum Gasteiger partial charge on any atom is 0.282 e. The van der Waals surface area contributed by atoms with Gasteiger partial charge in [-0.3, -0.25) is 4.90 Å². The molecule has 7 nitrogen and oxygen atoms in total. The largest absolute Gasteiger partial charge is 0.331 e. The molecule has 1 aliphatic carbocycles. The zero-order chi connectivity index (χ0) is 15.9. The Balaban J connectivity index is 1.34. The minimum atomic E-state index is -3.24. The molecule has 0 amide bonds. The fourth-order valence-electron chi connectivity index (χ4n) is 3.55. The van der Waals surface area contributed by atoms with Crippen LogP contribution in [0.25, 0.3) is 0 Å². The third-order valence-electron chi connectivity index (χ3n) is 5.10. The summed E-state index contributed by atoms with van der Waals surface area (Å²) in [6.45, 7) is 4.92. The van der Waals surface area contributed by atoms with E-state index in [0.717, 1.165) is 38.3 Å². The number of hydrogen-bond acceptors (Lipinski definition) is 4. The number of imidazole rings is 1. The molecule has 1 aromatic rings. The molecule has 3 fully saturated rings. The molecule has 2 aliphatic heterocycles. The third-order valence-corrected chi connectivity index (χ3v) is 7.14. The van der Waals surface area contributed by atoms with Gasteiger partial charge in [0.15, 0.2) is 0 Å². The maximum absolute atomic E-state index is 12.6. The highest BCUT2D eigenvalue weighted by Gasteiger charge is 2.34. The number of hydrogen-bond donors (Lipinski definition) is 0. The summed E-state index contributed by atoms with van der Waals surface area (Å²) in [5, 5.41) is 0. The van der Waals surface area contributed by atoms with E-state index in [1.807, 2.05) is 6.20 Å². The van der Waals surface area contributed by atoms with Gasteiger partial charge >= 0.3 is 0 Å². The Hall–Kier alpha value is -0.960. The molecule has 23 heavy (non-hydrogen) atoms. The SMILES string of the molecule is O=S(=O)(N1CCCC1)N1CCN(Cc2nccn2C2CC2)CC1. The van der Waals surface area contributed by atoms with E-state index >= 15 is 0 Å². The lowest BCUT2D eigenvalue weighted by atomic mass is 10.3. The van der Waals surface area contributed by atoms with Gasteiger partial charge in [0.05, 0.1) is 6.54 Å². The van der Waals surface area contributed by atoms with E-state index in [1.54, 1.807) is 8.61 Å². The Morgan fingerprint density at radius 3 is 2.30 bits per heavy atom. The number of nitrogens with zero attached hydrogens (tertiary/aromatic N) is 5. The lowest BCUT2D eigenvalue weighted by Gasteiger charge is -2.35. The standard InChI is InChI=1S/C15H25N5O2S/c21-23(22,18-6-1-2-7-18)19-11-9-17(10-12-19)13-15-16-5-8-20(15)14-3-4-14/h5,8,14H,1-4,6-7,9-13H2. The summed E-state index contributed by atoms with van der Waals surface area (Å²) in [4.78, 5) is 6.80. The highest BCUT2D eigenvalue weighted by Crippen LogP contribution is 2.35. The van der Waals surface area contributed by atoms with Crippen LogP contribution in [-0.4, -0.2) is 70.7 Å². The van der Waals surface area contributed by atoms with Crippen molar-refractivity contribution < 1.29 is 8.42 Å². The first kappa shape index (κ1) is 15.6. The first-order chi connectivity index (χ1) is 11.1. The monoisotopic (exact) mass is 339 g/mol. The van der Waals surface area contributed by atoms with Crippen LogP contribution >= 0.6 is 0 Å². The lowest BCUT2D eigenvalue weighted by Crippen LogP contribution is -2.52.